The third-order valence-electron chi connectivity index (χ3n) is 3.98. The number of nitrogens with two attached hydrogens (primary N) is 1. The largest absolute Gasteiger partial charge is 0.416 e. The molecular weight excluding hydrogens is 267 g/mol. The lowest BCUT2D eigenvalue weighted by molar-refractivity contribution is -0.137. The average Bonchev–Trinajstić information content (AvgIpc) is 2.92. The molecule has 1 aromatic heterocycles. The second-order valence-corrected chi connectivity index (χ2v) is 5.66. The Hall–Kier alpha value is -1.56. The standard InChI is InChI=1S/C14H16F3N3/c15-14(16,17)9-3-4-10-11(7-9)20-12(19-10)8-13(18)5-1-2-6-13/h3-4,7H,1-2,5-6,8,18H2,(H,19,20). The van der Waals surface area contributed by atoms with E-state index in [1.807, 2.05) is 0 Å². The SMILES string of the molecule is NC1(Cc2nc3ccc(C(F)(F)F)cc3[nH]2)CCCC1. The molecule has 1 aliphatic carbocycles. The van der Waals surface area contributed by atoms with Crippen molar-refractivity contribution >= 4 is 11.0 Å². The van der Waals surface area contributed by atoms with Gasteiger partial charge in [0.25, 0.3) is 0 Å². The maximum absolute atomic E-state index is 12.7. The minimum Gasteiger partial charge on any atom is -0.342 e. The van der Waals surface area contributed by atoms with Crippen molar-refractivity contribution < 1.29 is 13.2 Å². The van der Waals surface area contributed by atoms with Crippen LogP contribution in [0.4, 0.5) is 13.2 Å². The number of halogens is 3. The van der Waals surface area contributed by atoms with Gasteiger partial charge in [-0.1, -0.05) is 12.8 Å². The van der Waals surface area contributed by atoms with Gasteiger partial charge in [-0.2, -0.15) is 13.2 Å². The summed E-state index contributed by atoms with van der Waals surface area (Å²) in [6.45, 7) is 0. The molecule has 1 aliphatic rings. The summed E-state index contributed by atoms with van der Waals surface area (Å²) in [5.41, 5.74) is 6.31. The Labute approximate surface area is 114 Å². The summed E-state index contributed by atoms with van der Waals surface area (Å²) in [5.74, 6) is 0.670. The second-order valence-electron chi connectivity index (χ2n) is 5.66. The first kappa shape index (κ1) is 13.4. The van der Waals surface area contributed by atoms with Crippen molar-refractivity contribution in [1.29, 1.82) is 0 Å². The van der Waals surface area contributed by atoms with E-state index in [0.717, 1.165) is 37.8 Å². The molecule has 0 radical (unpaired) electrons. The highest BCUT2D eigenvalue weighted by molar-refractivity contribution is 5.76. The van der Waals surface area contributed by atoms with Crippen LogP contribution < -0.4 is 5.73 Å². The van der Waals surface area contributed by atoms with E-state index in [0.29, 0.717) is 23.3 Å². The molecule has 108 valence electrons. The van der Waals surface area contributed by atoms with Crippen molar-refractivity contribution in [1.82, 2.24) is 9.97 Å². The molecule has 3 N–H and O–H groups in total. The first-order valence-corrected chi connectivity index (χ1v) is 6.71. The number of alkyl halides is 3. The number of nitrogens with zero attached hydrogens (tertiary/aromatic N) is 1. The Balaban J connectivity index is 1.90. The van der Waals surface area contributed by atoms with Crippen LogP contribution in [0.1, 0.15) is 37.1 Å². The zero-order chi connectivity index (χ0) is 14.4. The Bertz CT molecular complexity index is 624. The molecule has 0 atom stereocenters. The molecule has 1 aromatic carbocycles. The third kappa shape index (κ3) is 2.52. The van der Waals surface area contributed by atoms with E-state index in [9.17, 15) is 13.2 Å². The van der Waals surface area contributed by atoms with Gasteiger partial charge >= 0.3 is 6.18 Å². The molecule has 1 saturated carbocycles. The second kappa shape index (κ2) is 4.48. The molecule has 20 heavy (non-hydrogen) atoms. The fraction of sp³-hybridized carbons (Fsp3) is 0.500. The predicted molar refractivity (Wildman–Crippen MR) is 70.2 cm³/mol. The Morgan fingerprint density at radius 1 is 1.25 bits per heavy atom. The topological polar surface area (TPSA) is 54.7 Å². The van der Waals surface area contributed by atoms with Crippen LogP contribution in [0.2, 0.25) is 0 Å². The van der Waals surface area contributed by atoms with Crippen molar-refractivity contribution in [3.05, 3.63) is 29.6 Å². The number of nitrogens with one attached hydrogen (secondary N) is 1. The minimum atomic E-state index is -4.33. The molecule has 0 unspecified atom stereocenters. The van der Waals surface area contributed by atoms with Gasteiger partial charge in [-0.05, 0) is 31.0 Å². The van der Waals surface area contributed by atoms with Crippen molar-refractivity contribution in [2.24, 2.45) is 5.73 Å². The molecule has 1 fully saturated rings. The van der Waals surface area contributed by atoms with E-state index in [1.54, 1.807) is 0 Å². The molecular formula is C14H16F3N3. The van der Waals surface area contributed by atoms with Gasteiger partial charge in [-0.3, -0.25) is 0 Å². The summed E-state index contributed by atoms with van der Waals surface area (Å²) >= 11 is 0. The van der Waals surface area contributed by atoms with Crippen LogP contribution >= 0.6 is 0 Å². The zero-order valence-corrected chi connectivity index (χ0v) is 10.9. The molecule has 0 aliphatic heterocycles. The molecule has 6 heteroatoms. The fourth-order valence-corrected chi connectivity index (χ4v) is 2.91. The predicted octanol–water partition coefficient (Wildman–Crippen LogP) is 3.40. The van der Waals surface area contributed by atoms with Crippen LogP contribution in [0.5, 0.6) is 0 Å². The molecule has 2 aromatic rings. The number of hydrogen-bond acceptors (Lipinski definition) is 2. The number of fused-ring (bicyclic) bond motifs is 1. The lowest BCUT2D eigenvalue weighted by Crippen LogP contribution is -2.39. The van der Waals surface area contributed by atoms with Crippen LogP contribution in [-0.2, 0) is 12.6 Å². The van der Waals surface area contributed by atoms with Crippen LogP contribution in [0.3, 0.4) is 0 Å². The fourth-order valence-electron chi connectivity index (χ4n) is 2.91. The summed E-state index contributed by atoms with van der Waals surface area (Å²) in [6, 6.07) is 3.56. The molecule has 0 spiro atoms. The van der Waals surface area contributed by atoms with Crippen molar-refractivity contribution in [2.45, 2.75) is 43.8 Å². The summed E-state index contributed by atoms with van der Waals surface area (Å²) in [5, 5.41) is 0. The van der Waals surface area contributed by atoms with E-state index in [4.69, 9.17) is 5.73 Å². The first-order chi connectivity index (χ1) is 9.36. The Morgan fingerprint density at radius 2 is 1.95 bits per heavy atom. The zero-order valence-electron chi connectivity index (χ0n) is 10.9. The molecule has 0 bridgehead atoms. The van der Waals surface area contributed by atoms with Crippen LogP contribution in [0, 0.1) is 0 Å². The maximum atomic E-state index is 12.7. The van der Waals surface area contributed by atoms with Crippen LogP contribution in [0.25, 0.3) is 11.0 Å². The number of hydrogen-bond donors (Lipinski definition) is 2. The number of benzene rings is 1. The maximum Gasteiger partial charge on any atom is 0.416 e. The molecule has 0 saturated heterocycles. The van der Waals surface area contributed by atoms with E-state index in [-0.39, 0.29) is 5.54 Å². The highest BCUT2D eigenvalue weighted by Gasteiger charge is 2.32. The molecule has 0 amide bonds. The molecule has 3 nitrogen and oxygen atoms in total. The number of rotatable bonds is 2. The lowest BCUT2D eigenvalue weighted by atomic mass is 9.94. The van der Waals surface area contributed by atoms with Crippen molar-refractivity contribution in [3.63, 3.8) is 0 Å². The minimum absolute atomic E-state index is 0.263. The average molecular weight is 283 g/mol. The van der Waals surface area contributed by atoms with Gasteiger partial charge in [-0.25, -0.2) is 4.98 Å². The lowest BCUT2D eigenvalue weighted by Gasteiger charge is -2.21. The van der Waals surface area contributed by atoms with Crippen molar-refractivity contribution in [2.75, 3.05) is 0 Å². The summed E-state index contributed by atoms with van der Waals surface area (Å²) in [6.07, 6.45) is 0.350. The van der Waals surface area contributed by atoms with E-state index in [2.05, 4.69) is 9.97 Å². The van der Waals surface area contributed by atoms with Gasteiger partial charge < -0.3 is 10.7 Å². The van der Waals surface area contributed by atoms with Gasteiger partial charge in [-0.15, -0.1) is 0 Å². The number of H-pyrrole nitrogens is 1. The third-order valence-corrected chi connectivity index (χ3v) is 3.98. The van der Waals surface area contributed by atoms with E-state index in [1.165, 1.54) is 6.07 Å². The van der Waals surface area contributed by atoms with Crippen LogP contribution in [0.15, 0.2) is 18.2 Å². The monoisotopic (exact) mass is 283 g/mol. The summed E-state index contributed by atoms with van der Waals surface area (Å²) < 4.78 is 38.0. The molecule has 1 heterocycles. The Kier molecular flexibility index (Phi) is 3.01. The van der Waals surface area contributed by atoms with Gasteiger partial charge in [0.05, 0.1) is 16.6 Å². The quantitative estimate of drug-likeness (QED) is 0.887. The van der Waals surface area contributed by atoms with Crippen molar-refractivity contribution in [3.8, 4) is 0 Å². The van der Waals surface area contributed by atoms with Gasteiger partial charge in [0.2, 0.25) is 0 Å². The summed E-state index contributed by atoms with van der Waals surface area (Å²) in [7, 11) is 0. The highest BCUT2D eigenvalue weighted by Crippen LogP contribution is 2.32. The number of aromatic amines is 1. The van der Waals surface area contributed by atoms with Gasteiger partial charge in [0.15, 0.2) is 0 Å². The van der Waals surface area contributed by atoms with E-state index < -0.39 is 11.7 Å². The van der Waals surface area contributed by atoms with E-state index >= 15 is 0 Å². The summed E-state index contributed by atoms with van der Waals surface area (Å²) in [4.78, 5) is 7.31. The van der Waals surface area contributed by atoms with Crippen LogP contribution in [-0.4, -0.2) is 15.5 Å². The van der Waals surface area contributed by atoms with Gasteiger partial charge in [0, 0.05) is 12.0 Å². The Morgan fingerprint density at radius 3 is 2.60 bits per heavy atom. The van der Waals surface area contributed by atoms with Gasteiger partial charge in [0.1, 0.15) is 5.82 Å². The smallest absolute Gasteiger partial charge is 0.342 e. The normalized spacial score (nSPS) is 18.8. The highest BCUT2D eigenvalue weighted by atomic mass is 19.4. The first-order valence-electron chi connectivity index (χ1n) is 6.71. The number of aromatic nitrogens is 2. The molecule has 3 rings (SSSR count). The number of imidazole rings is 1.